The summed E-state index contributed by atoms with van der Waals surface area (Å²) in [6.07, 6.45) is 0.460. The molecule has 2 amide bonds. The molecule has 0 aromatic heterocycles. The van der Waals surface area contributed by atoms with Crippen molar-refractivity contribution in [2.24, 2.45) is 5.92 Å². The summed E-state index contributed by atoms with van der Waals surface area (Å²) in [6.45, 7) is 5.82. The van der Waals surface area contributed by atoms with Crippen LogP contribution in [0.3, 0.4) is 0 Å². The second kappa shape index (κ2) is 11.2. The molecule has 9 heteroatoms. The van der Waals surface area contributed by atoms with Gasteiger partial charge in [-0.05, 0) is 36.6 Å². The van der Waals surface area contributed by atoms with Crippen LogP contribution in [-0.4, -0.2) is 44.9 Å². The molecule has 154 valence electrons. The normalized spacial score (nSPS) is 11.8. The minimum atomic E-state index is -1.18. The average Bonchev–Trinajstić information content (AvgIpc) is 2.64. The Hall–Kier alpha value is -2.74. The number of imide groups is 1. The largest absolute Gasteiger partial charge is 0.493 e. The Morgan fingerprint density at radius 2 is 1.86 bits per heavy atom. The smallest absolute Gasteiger partial charge is 0.413 e. The monoisotopic (exact) mass is 413 g/mol. The average molecular weight is 414 g/mol. The molecule has 0 spiro atoms. The molecule has 0 saturated heterocycles. The first-order valence-corrected chi connectivity index (χ1v) is 8.83. The highest BCUT2D eigenvalue weighted by Crippen LogP contribution is 2.37. The van der Waals surface area contributed by atoms with E-state index in [9.17, 15) is 14.4 Å². The van der Waals surface area contributed by atoms with Gasteiger partial charge >= 0.3 is 12.1 Å². The fourth-order valence-corrected chi connectivity index (χ4v) is 2.18. The van der Waals surface area contributed by atoms with Crippen molar-refractivity contribution in [3.8, 4) is 11.5 Å². The number of hydrogen-bond donors (Lipinski definition) is 1. The highest BCUT2D eigenvalue weighted by molar-refractivity contribution is 6.32. The van der Waals surface area contributed by atoms with Gasteiger partial charge in [-0.1, -0.05) is 25.4 Å². The van der Waals surface area contributed by atoms with Gasteiger partial charge in [0.05, 0.1) is 25.8 Å². The lowest BCUT2D eigenvalue weighted by Crippen LogP contribution is -2.39. The van der Waals surface area contributed by atoms with Crippen LogP contribution < -0.4 is 14.8 Å². The van der Waals surface area contributed by atoms with E-state index in [2.05, 4.69) is 4.74 Å². The molecule has 1 aromatic rings. The van der Waals surface area contributed by atoms with Crippen LogP contribution in [0.1, 0.15) is 26.3 Å². The Bertz CT molecular complexity index is 746. The van der Waals surface area contributed by atoms with Gasteiger partial charge in [-0.3, -0.25) is 10.1 Å². The summed E-state index contributed by atoms with van der Waals surface area (Å²) in [5.41, 5.74) is 0.572. The summed E-state index contributed by atoms with van der Waals surface area (Å²) in [5, 5.41) is 2.24. The Morgan fingerprint density at radius 1 is 1.18 bits per heavy atom. The predicted molar refractivity (Wildman–Crippen MR) is 103 cm³/mol. The first-order chi connectivity index (χ1) is 13.2. The molecule has 0 fully saturated rings. The van der Waals surface area contributed by atoms with E-state index in [4.69, 9.17) is 25.8 Å². The number of carbonyl (C=O) groups is 3. The molecule has 1 atom stereocenters. The van der Waals surface area contributed by atoms with Gasteiger partial charge in [-0.25, -0.2) is 9.59 Å². The van der Waals surface area contributed by atoms with Crippen molar-refractivity contribution >= 4 is 35.6 Å². The van der Waals surface area contributed by atoms with Gasteiger partial charge in [0.2, 0.25) is 0 Å². The molecule has 0 aliphatic carbocycles. The predicted octanol–water partition coefficient (Wildman–Crippen LogP) is 3.21. The van der Waals surface area contributed by atoms with E-state index < -0.39 is 24.1 Å². The number of rotatable bonds is 8. The number of hydrogen-bond acceptors (Lipinski definition) is 7. The molecule has 8 nitrogen and oxygen atoms in total. The zero-order chi connectivity index (χ0) is 21.3. The summed E-state index contributed by atoms with van der Waals surface area (Å²) in [7, 11) is 2.60. The molecule has 0 radical (unpaired) electrons. The van der Waals surface area contributed by atoms with E-state index in [1.165, 1.54) is 20.1 Å². The van der Waals surface area contributed by atoms with Crippen LogP contribution in [-0.2, 0) is 19.1 Å². The molecule has 0 saturated carbocycles. The third-order valence-corrected chi connectivity index (χ3v) is 3.58. The summed E-state index contributed by atoms with van der Waals surface area (Å²) in [6, 6.07) is 3.26. The summed E-state index contributed by atoms with van der Waals surface area (Å²) < 4.78 is 20.2. The Morgan fingerprint density at radius 3 is 2.43 bits per heavy atom. The number of ether oxygens (including phenoxy) is 4. The lowest BCUT2D eigenvalue weighted by molar-refractivity contribution is -0.149. The molecule has 0 unspecified atom stereocenters. The van der Waals surface area contributed by atoms with Crippen LogP contribution in [0.5, 0.6) is 11.5 Å². The Balaban J connectivity index is 2.80. The lowest BCUT2D eigenvalue weighted by atomic mass is 10.2. The second-order valence-corrected chi connectivity index (χ2v) is 6.54. The van der Waals surface area contributed by atoms with Gasteiger partial charge in [0.1, 0.15) is 0 Å². The van der Waals surface area contributed by atoms with E-state index in [1.807, 2.05) is 19.2 Å². The fraction of sp³-hybridized carbons (Fsp3) is 0.421. The van der Waals surface area contributed by atoms with E-state index in [1.54, 1.807) is 12.1 Å². The number of alkyl carbamates (subject to hydrolysis) is 1. The van der Waals surface area contributed by atoms with Gasteiger partial charge in [-0.2, -0.15) is 0 Å². The van der Waals surface area contributed by atoms with Crippen LogP contribution in [0.4, 0.5) is 4.79 Å². The maximum absolute atomic E-state index is 11.9. The molecule has 1 aromatic carbocycles. The van der Waals surface area contributed by atoms with Crippen LogP contribution in [0.2, 0.25) is 5.02 Å². The third kappa shape index (κ3) is 7.48. The van der Waals surface area contributed by atoms with Crippen LogP contribution in [0.25, 0.3) is 6.08 Å². The molecule has 1 rings (SSSR count). The summed E-state index contributed by atoms with van der Waals surface area (Å²) in [4.78, 5) is 34.5. The maximum atomic E-state index is 11.9. The topological polar surface area (TPSA) is 100 Å². The van der Waals surface area contributed by atoms with Crippen LogP contribution >= 0.6 is 11.6 Å². The second-order valence-electron chi connectivity index (χ2n) is 6.13. The molecule has 0 heterocycles. The number of nitrogens with one attached hydrogen (secondary N) is 1. The van der Waals surface area contributed by atoms with E-state index >= 15 is 0 Å². The summed E-state index contributed by atoms with van der Waals surface area (Å²) in [5.74, 6) is -0.418. The number of benzene rings is 1. The molecule has 0 aliphatic heterocycles. The van der Waals surface area contributed by atoms with Crippen molar-refractivity contribution in [1.29, 1.82) is 0 Å². The van der Waals surface area contributed by atoms with Crippen molar-refractivity contribution in [2.75, 3.05) is 20.8 Å². The molecule has 1 N–H and O–H groups in total. The number of amides is 2. The van der Waals surface area contributed by atoms with E-state index in [0.717, 1.165) is 13.2 Å². The number of methoxy groups -OCH3 is 2. The quantitative estimate of drug-likeness (QED) is 0.515. The van der Waals surface area contributed by atoms with Gasteiger partial charge in [0.25, 0.3) is 5.91 Å². The zero-order valence-electron chi connectivity index (χ0n) is 16.4. The number of carbonyl (C=O) groups excluding carboxylic acids is 3. The van der Waals surface area contributed by atoms with Crippen molar-refractivity contribution in [1.82, 2.24) is 5.32 Å². The fourth-order valence-electron chi connectivity index (χ4n) is 1.91. The SMILES string of the molecule is COC(=O)NC(=O)[C@@H](C)OC(=O)/C=C/c1cc(Cl)c(OCC(C)C)c(OC)c1. The minimum absolute atomic E-state index is 0.313. The van der Waals surface area contributed by atoms with E-state index in [-0.39, 0.29) is 0 Å². The Labute approximate surface area is 168 Å². The van der Waals surface area contributed by atoms with Crippen molar-refractivity contribution in [3.63, 3.8) is 0 Å². The maximum Gasteiger partial charge on any atom is 0.413 e. The highest BCUT2D eigenvalue weighted by Gasteiger charge is 2.19. The third-order valence-electron chi connectivity index (χ3n) is 3.30. The molecular weight excluding hydrogens is 390 g/mol. The lowest BCUT2D eigenvalue weighted by Gasteiger charge is -2.14. The van der Waals surface area contributed by atoms with Crippen LogP contribution in [0, 0.1) is 5.92 Å². The number of halogens is 1. The van der Waals surface area contributed by atoms with Gasteiger partial charge in [0, 0.05) is 6.08 Å². The number of esters is 1. The minimum Gasteiger partial charge on any atom is -0.493 e. The van der Waals surface area contributed by atoms with Crippen molar-refractivity contribution < 1.29 is 33.3 Å². The standard InChI is InChI=1S/C19H24ClNO7/c1-11(2)10-27-17-14(20)8-13(9-15(17)25-4)6-7-16(22)28-12(3)18(23)21-19(24)26-5/h6-9,11-12H,10H2,1-5H3,(H,21,23,24)/b7-6+/t12-/m1/s1. The van der Waals surface area contributed by atoms with Gasteiger partial charge < -0.3 is 18.9 Å². The molecular formula is C19H24ClNO7. The molecule has 28 heavy (non-hydrogen) atoms. The van der Waals surface area contributed by atoms with E-state index in [0.29, 0.717) is 34.6 Å². The summed E-state index contributed by atoms with van der Waals surface area (Å²) >= 11 is 6.25. The van der Waals surface area contributed by atoms with Gasteiger partial charge in [-0.15, -0.1) is 0 Å². The molecule has 0 bridgehead atoms. The van der Waals surface area contributed by atoms with Crippen LogP contribution in [0.15, 0.2) is 18.2 Å². The highest BCUT2D eigenvalue weighted by atomic mass is 35.5. The van der Waals surface area contributed by atoms with Gasteiger partial charge in [0.15, 0.2) is 17.6 Å². The molecule has 0 aliphatic rings. The Kier molecular flexibility index (Phi) is 9.31. The first-order valence-electron chi connectivity index (χ1n) is 8.45. The first kappa shape index (κ1) is 23.3. The zero-order valence-corrected chi connectivity index (χ0v) is 17.2. The van der Waals surface area contributed by atoms with Crippen molar-refractivity contribution in [3.05, 3.63) is 28.8 Å². The van der Waals surface area contributed by atoms with Crippen molar-refractivity contribution in [2.45, 2.75) is 26.9 Å².